The topological polar surface area (TPSA) is 61.3 Å². The molecule has 0 aliphatic carbocycles. The number of aromatic nitrogens is 2. The van der Waals surface area contributed by atoms with Crippen LogP contribution in [0.15, 0.2) is 12.4 Å². The minimum atomic E-state index is -0.534. The number of rotatable bonds is 2. The molecular weight excluding hydrogens is 216 g/mol. The van der Waals surface area contributed by atoms with E-state index in [2.05, 4.69) is 20.2 Å². The molecule has 0 aromatic carbocycles. The number of hydrogen-bond acceptors (Lipinski definition) is 5. The van der Waals surface area contributed by atoms with E-state index < -0.39 is 5.60 Å². The van der Waals surface area contributed by atoms with Crippen LogP contribution in [0.3, 0.4) is 0 Å². The van der Waals surface area contributed by atoms with E-state index in [1.165, 1.54) is 0 Å². The Labute approximate surface area is 102 Å². The van der Waals surface area contributed by atoms with Crippen molar-refractivity contribution in [3.63, 3.8) is 0 Å². The summed E-state index contributed by atoms with van der Waals surface area (Å²) < 4.78 is 0. The molecule has 0 amide bonds. The zero-order chi connectivity index (χ0) is 12.3. The Hall–Kier alpha value is -1.36. The Bertz CT molecular complexity index is 381. The first-order chi connectivity index (χ1) is 8.11. The molecule has 0 bridgehead atoms. The molecule has 1 aliphatic heterocycles. The normalized spacial score (nSPS) is 25.5. The third-order valence-corrected chi connectivity index (χ3v) is 3.30. The molecule has 5 heteroatoms. The number of hydrogen-bond donors (Lipinski definition) is 2. The van der Waals surface area contributed by atoms with Crippen molar-refractivity contribution in [3.8, 4) is 0 Å². The van der Waals surface area contributed by atoms with Crippen molar-refractivity contribution in [2.24, 2.45) is 0 Å². The summed E-state index contributed by atoms with van der Waals surface area (Å²) in [5.41, 5.74) is -0.534. The van der Waals surface area contributed by atoms with Crippen LogP contribution in [-0.2, 0) is 0 Å². The highest BCUT2D eigenvalue weighted by atomic mass is 16.3. The molecule has 1 aromatic rings. The summed E-state index contributed by atoms with van der Waals surface area (Å²) in [5, 5.41) is 13.1. The largest absolute Gasteiger partial charge is 0.390 e. The lowest BCUT2D eigenvalue weighted by Gasteiger charge is -2.23. The van der Waals surface area contributed by atoms with Gasteiger partial charge in [0.25, 0.3) is 0 Å². The van der Waals surface area contributed by atoms with Gasteiger partial charge in [-0.25, -0.2) is 9.97 Å². The Morgan fingerprint density at radius 2 is 2.18 bits per heavy atom. The van der Waals surface area contributed by atoms with Crippen molar-refractivity contribution in [3.05, 3.63) is 12.4 Å². The first kappa shape index (κ1) is 12.1. The molecule has 1 unspecified atom stereocenters. The monoisotopic (exact) mass is 236 g/mol. The molecule has 1 saturated heterocycles. The SMILES string of the molecule is CNc1cc(N2CCCC(C)(O)CC2)ncn1. The summed E-state index contributed by atoms with van der Waals surface area (Å²) >= 11 is 0. The Kier molecular flexibility index (Phi) is 3.47. The molecule has 17 heavy (non-hydrogen) atoms. The lowest BCUT2D eigenvalue weighted by atomic mass is 9.98. The Morgan fingerprint density at radius 3 is 2.94 bits per heavy atom. The minimum Gasteiger partial charge on any atom is -0.390 e. The van der Waals surface area contributed by atoms with Crippen LogP contribution >= 0.6 is 0 Å². The van der Waals surface area contributed by atoms with Gasteiger partial charge in [0, 0.05) is 26.2 Å². The number of nitrogens with one attached hydrogen (secondary N) is 1. The first-order valence-electron chi connectivity index (χ1n) is 6.08. The fourth-order valence-electron chi connectivity index (χ4n) is 2.15. The van der Waals surface area contributed by atoms with Gasteiger partial charge in [-0.3, -0.25) is 0 Å². The highest BCUT2D eigenvalue weighted by Crippen LogP contribution is 2.24. The Morgan fingerprint density at radius 1 is 1.35 bits per heavy atom. The summed E-state index contributed by atoms with van der Waals surface area (Å²) in [5.74, 6) is 1.76. The van der Waals surface area contributed by atoms with Gasteiger partial charge in [-0.2, -0.15) is 0 Å². The second-order valence-corrected chi connectivity index (χ2v) is 4.85. The molecular formula is C12H20N4O. The highest BCUT2D eigenvalue weighted by molar-refractivity contribution is 5.48. The predicted molar refractivity (Wildman–Crippen MR) is 68.3 cm³/mol. The maximum atomic E-state index is 10.0. The summed E-state index contributed by atoms with van der Waals surface area (Å²) in [6, 6.07) is 1.94. The van der Waals surface area contributed by atoms with E-state index in [4.69, 9.17) is 0 Å². The van der Waals surface area contributed by atoms with Gasteiger partial charge in [0.05, 0.1) is 5.60 Å². The van der Waals surface area contributed by atoms with Crippen LogP contribution in [0, 0.1) is 0 Å². The van der Waals surface area contributed by atoms with Crippen molar-refractivity contribution < 1.29 is 5.11 Å². The van der Waals surface area contributed by atoms with Crippen LogP contribution in [-0.4, -0.2) is 40.8 Å². The van der Waals surface area contributed by atoms with Crippen molar-refractivity contribution in [2.45, 2.75) is 31.8 Å². The molecule has 2 heterocycles. The third kappa shape index (κ3) is 3.06. The average molecular weight is 236 g/mol. The fraction of sp³-hybridized carbons (Fsp3) is 0.667. The molecule has 0 spiro atoms. The second kappa shape index (κ2) is 4.87. The van der Waals surface area contributed by atoms with Gasteiger partial charge < -0.3 is 15.3 Å². The van der Waals surface area contributed by atoms with Gasteiger partial charge in [-0.15, -0.1) is 0 Å². The average Bonchev–Trinajstić information content (AvgIpc) is 2.50. The smallest absolute Gasteiger partial charge is 0.134 e. The molecule has 5 nitrogen and oxygen atoms in total. The van der Waals surface area contributed by atoms with Crippen molar-refractivity contribution in [1.29, 1.82) is 0 Å². The van der Waals surface area contributed by atoms with Crippen molar-refractivity contribution in [2.75, 3.05) is 30.4 Å². The summed E-state index contributed by atoms with van der Waals surface area (Å²) in [6.45, 7) is 3.69. The van der Waals surface area contributed by atoms with E-state index in [0.717, 1.165) is 44.0 Å². The van der Waals surface area contributed by atoms with Gasteiger partial charge in [0.1, 0.15) is 18.0 Å². The first-order valence-corrected chi connectivity index (χ1v) is 6.08. The number of anilines is 2. The van der Waals surface area contributed by atoms with E-state index in [-0.39, 0.29) is 0 Å². The maximum absolute atomic E-state index is 10.0. The molecule has 1 atom stereocenters. The summed E-state index contributed by atoms with van der Waals surface area (Å²) in [4.78, 5) is 10.6. The van der Waals surface area contributed by atoms with Gasteiger partial charge in [0.2, 0.25) is 0 Å². The maximum Gasteiger partial charge on any atom is 0.134 e. The highest BCUT2D eigenvalue weighted by Gasteiger charge is 2.25. The van der Waals surface area contributed by atoms with E-state index in [1.54, 1.807) is 6.33 Å². The van der Waals surface area contributed by atoms with Crippen LogP contribution in [0.2, 0.25) is 0 Å². The quantitative estimate of drug-likeness (QED) is 0.809. The van der Waals surface area contributed by atoms with Gasteiger partial charge in [-0.05, 0) is 26.2 Å². The fourth-order valence-corrected chi connectivity index (χ4v) is 2.15. The van der Waals surface area contributed by atoms with E-state index in [1.807, 2.05) is 20.0 Å². The zero-order valence-electron chi connectivity index (χ0n) is 10.5. The third-order valence-electron chi connectivity index (χ3n) is 3.30. The van der Waals surface area contributed by atoms with E-state index in [9.17, 15) is 5.11 Å². The van der Waals surface area contributed by atoms with Crippen LogP contribution in [0.25, 0.3) is 0 Å². The summed E-state index contributed by atoms with van der Waals surface area (Å²) in [7, 11) is 1.85. The Balaban J connectivity index is 2.11. The van der Waals surface area contributed by atoms with Crippen LogP contribution < -0.4 is 10.2 Å². The molecule has 94 valence electrons. The van der Waals surface area contributed by atoms with Gasteiger partial charge in [0.15, 0.2) is 0 Å². The second-order valence-electron chi connectivity index (χ2n) is 4.85. The number of nitrogens with zero attached hydrogens (tertiary/aromatic N) is 3. The predicted octanol–water partition coefficient (Wildman–Crippen LogP) is 1.26. The lowest BCUT2D eigenvalue weighted by Crippen LogP contribution is -2.28. The van der Waals surface area contributed by atoms with Gasteiger partial charge >= 0.3 is 0 Å². The number of aliphatic hydroxyl groups is 1. The minimum absolute atomic E-state index is 0.534. The molecule has 1 fully saturated rings. The standard InChI is InChI=1S/C12H20N4O/c1-12(17)4-3-6-16(7-5-12)11-8-10(13-2)14-9-15-11/h8-9,17H,3-7H2,1-2H3,(H,13,14,15). The summed E-state index contributed by atoms with van der Waals surface area (Å²) in [6.07, 6.45) is 4.20. The van der Waals surface area contributed by atoms with E-state index in [0.29, 0.717) is 0 Å². The zero-order valence-corrected chi connectivity index (χ0v) is 10.5. The van der Waals surface area contributed by atoms with Crippen LogP contribution in [0.5, 0.6) is 0 Å². The van der Waals surface area contributed by atoms with Crippen molar-refractivity contribution in [1.82, 2.24) is 9.97 Å². The van der Waals surface area contributed by atoms with Crippen molar-refractivity contribution >= 4 is 11.6 Å². The van der Waals surface area contributed by atoms with Crippen LogP contribution in [0.1, 0.15) is 26.2 Å². The van der Waals surface area contributed by atoms with Gasteiger partial charge in [-0.1, -0.05) is 0 Å². The molecule has 1 aliphatic rings. The molecule has 2 rings (SSSR count). The molecule has 2 N–H and O–H groups in total. The molecule has 0 saturated carbocycles. The molecule has 1 aromatic heterocycles. The lowest BCUT2D eigenvalue weighted by molar-refractivity contribution is 0.0481. The van der Waals surface area contributed by atoms with E-state index >= 15 is 0 Å². The molecule has 0 radical (unpaired) electrons. The van der Waals surface area contributed by atoms with Crippen LogP contribution in [0.4, 0.5) is 11.6 Å².